The fourth-order valence-electron chi connectivity index (χ4n) is 3.30. The second kappa shape index (κ2) is 8.57. The van der Waals surface area contributed by atoms with Crippen LogP contribution in [0.4, 0.5) is 0 Å². The van der Waals surface area contributed by atoms with E-state index in [-0.39, 0.29) is 18.6 Å². The Morgan fingerprint density at radius 3 is 3.00 bits per heavy atom. The summed E-state index contributed by atoms with van der Waals surface area (Å²) in [5.41, 5.74) is 1.40. The van der Waals surface area contributed by atoms with Gasteiger partial charge in [0.2, 0.25) is 5.89 Å². The monoisotopic (exact) mass is 413 g/mol. The van der Waals surface area contributed by atoms with Crippen LogP contribution in [0.15, 0.2) is 41.2 Å². The number of hydrogen-bond acceptors (Lipinski definition) is 7. The van der Waals surface area contributed by atoms with Gasteiger partial charge < -0.3 is 14.1 Å². The van der Waals surface area contributed by atoms with Crippen LogP contribution in [-0.4, -0.2) is 44.1 Å². The van der Waals surface area contributed by atoms with E-state index in [4.69, 9.17) is 20.8 Å². The molecule has 0 bridgehead atoms. The first kappa shape index (κ1) is 19.3. The molecule has 0 saturated carbocycles. The van der Waals surface area contributed by atoms with Crippen LogP contribution >= 0.6 is 11.6 Å². The number of carbonyl (C=O) groups excluding carboxylic acids is 1. The smallest absolute Gasteiger partial charge is 0.267 e. The number of amides is 1. The predicted octanol–water partition coefficient (Wildman–Crippen LogP) is 3.62. The van der Waals surface area contributed by atoms with Gasteiger partial charge >= 0.3 is 0 Å². The van der Waals surface area contributed by atoms with Gasteiger partial charge in [0.05, 0.1) is 6.20 Å². The van der Waals surface area contributed by atoms with Crippen molar-refractivity contribution in [3.8, 4) is 17.3 Å². The third kappa shape index (κ3) is 4.37. The number of aryl methyl sites for hydroxylation is 1. The molecule has 1 saturated heterocycles. The quantitative estimate of drug-likeness (QED) is 0.630. The first-order valence-corrected chi connectivity index (χ1v) is 9.78. The average Bonchev–Trinajstić information content (AvgIpc) is 3.25. The van der Waals surface area contributed by atoms with Crippen LogP contribution in [0.2, 0.25) is 5.02 Å². The standard InChI is InChI=1S/C20H20ClN5O3/c1-13-10-14(5-6-15(13)21)28-12-18(27)26-9-3-2-4-17(26)20-25-24-19(29-20)16-11-22-7-8-23-16/h5-8,10-11,17H,2-4,9,12H2,1H3. The summed E-state index contributed by atoms with van der Waals surface area (Å²) in [4.78, 5) is 22.8. The van der Waals surface area contributed by atoms with Crippen molar-refractivity contribution in [3.63, 3.8) is 0 Å². The van der Waals surface area contributed by atoms with Crippen LogP contribution < -0.4 is 4.74 Å². The van der Waals surface area contributed by atoms with Crippen LogP contribution in [0.3, 0.4) is 0 Å². The summed E-state index contributed by atoms with van der Waals surface area (Å²) in [5, 5.41) is 8.88. The summed E-state index contributed by atoms with van der Waals surface area (Å²) in [6.07, 6.45) is 7.36. The molecule has 0 spiro atoms. The van der Waals surface area contributed by atoms with Gasteiger partial charge in [0.25, 0.3) is 11.8 Å². The molecule has 1 amide bonds. The molecule has 3 aromatic rings. The molecule has 1 aliphatic heterocycles. The van der Waals surface area contributed by atoms with E-state index < -0.39 is 0 Å². The zero-order chi connectivity index (χ0) is 20.2. The fraction of sp³-hybridized carbons (Fsp3) is 0.350. The molecule has 1 unspecified atom stereocenters. The second-order valence-electron chi connectivity index (χ2n) is 6.83. The maximum Gasteiger partial charge on any atom is 0.267 e. The summed E-state index contributed by atoms with van der Waals surface area (Å²) in [7, 11) is 0. The molecule has 2 aromatic heterocycles. The van der Waals surface area contributed by atoms with Gasteiger partial charge in [0.1, 0.15) is 17.5 Å². The zero-order valence-corrected chi connectivity index (χ0v) is 16.7. The van der Waals surface area contributed by atoms with Crippen molar-refractivity contribution in [2.24, 2.45) is 0 Å². The van der Waals surface area contributed by atoms with Crippen molar-refractivity contribution in [2.75, 3.05) is 13.2 Å². The minimum Gasteiger partial charge on any atom is -0.484 e. The van der Waals surface area contributed by atoms with E-state index in [1.807, 2.05) is 13.0 Å². The molecule has 0 aliphatic carbocycles. The number of hydrogen-bond donors (Lipinski definition) is 0. The number of halogens is 1. The maximum absolute atomic E-state index is 12.8. The van der Waals surface area contributed by atoms with Crippen molar-refractivity contribution in [2.45, 2.75) is 32.2 Å². The zero-order valence-electron chi connectivity index (χ0n) is 15.9. The molecular formula is C20H20ClN5O3. The molecule has 0 radical (unpaired) electrons. The van der Waals surface area contributed by atoms with E-state index in [1.165, 1.54) is 0 Å². The molecule has 9 heteroatoms. The van der Waals surface area contributed by atoms with Gasteiger partial charge in [0.15, 0.2) is 6.61 Å². The summed E-state index contributed by atoms with van der Waals surface area (Å²) in [5.74, 6) is 1.18. The third-order valence-corrected chi connectivity index (χ3v) is 5.25. The van der Waals surface area contributed by atoms with E-state index in [0.29, 0.717) is 34.8 Å². The van der Waals surface area contributed by atoms with Gasteiger partial charge in [-0.1, -0.05) is 11.6 Å². The Kier molecular flexibility index (Phi) is 5.71. The van der Waals surface area contributed by atoms with Crippen LogP contribution in [0.5, 0.6) is 5.75 Å². The van der Waals surface area contributed by atoms with Gasteiger partial charge in [0, 0.05) is 24.0 Å². The van der Waals surface area contributed by atoms with Crippen LogP contribution in [-0.2, 0) is 4.79 Å². The predicted molar refractivity (Wildman–Crippen MR) is 105 cm³/mol. The molecule has 150 valence electrons. The van der Waals surface area contributed by atoms with Gasteiger partial charge in [-0.25, -0.2) is 4.98 Å². The molecule has 1 aromatic carbocycles. The Balaban J connectivity index is 1.46. The summed E-state index contributed by atoms with van der Waals surface area (Å²) < 4.78 is 11.5. The number of ether oxygens (including phenoxy) is 1. The van der Waals surface area contributed by atoms with Crippen molar-refractivity contribution < 1.29 is 13.9 Å². The Morgan fingerprint density at radius 1 is 1.31 bits per heavy atom. The molecule has 3 heterocycles. The molecule has 1 atom stereocenters. The SMILES string of the molecule is Cc1cc(OCC(=O)N2CCCCC2c2nnc(-c3cnccn3)o2)ccc1Cl. The Labute approximate surface area is 172 Å². The van der Waals surface area contributed by atoms with E-state index in [0.717, 1.165) is 24.8 Å². The number of rotatable bonds is 5. The summed E-state index contributed by atoms with van der Waals surface area (Å²) >= 11 is 6.04. The number of likely N-dealkylation sites (tertiary alicyclic amines) is 1. The Hall–Kier alpha value is -3.00. The lowest BCUT2D eigenvalue weighted by atomic mass is 10.0. The van der Waals surface area contributed by atoms with Crippen molar-refractivity contribution in [3.05, 3.63) is 53.3 Å². The van der Waals surface area contributed by atoms with Crippen LogP contribution in [0.25, 0.3) is 11.6 Å². The van der Waals surface area contributed by atoms with Gasteiger partial charge in [-0.05, 0) is 49.9 Å². The number of aromatic nitrogens is 4. The van der Waals surface area contributed by atoms with Crippen molar-refractivity contribution in [1.82, 2.24) is 25.1 Å². The summed E-state index contributed by atoms with van der Waals surface area (Å²) in [6.45, 7) is 2.44. The fourth-order valence-corrected chi connectivity index (χ4v) is 3.42. The van der Waals surface area contributed by atoms with Crippen molar-refractivity contribution >= 4 is 17.5 Å². The van der Waals surface area contributed by atoms with E-state index in [9.17, 15) is 4.79 Å². The Bertz CT molecular complexity index is 995. The van der Waals surface area contributed by atoms with Gasteiger partial charge in [-0.3, -0.25) is 9.78 Å². The van der Waals surface area contributed by atoms with Crippen molar-refractivity contribution in [1.29, 1.82) is 0 Å². The number of piperidine rings is 1. The topological polar surface area (TPSA) is 94.2 Å². The second-order valence-corrected chi connectivity index (χ2v) is 7.24. The minimum absolute atomic E-state index is 0.0667. The normalized spacial score (nSPS) is 16.6. The third-order valence-electron chi connectivity index (χ3n) is 4.82. The first-order valence-electron chi connectivity index (χ1n) is 9.40. The number of benzene rings is 1. The highest BCUT2D eigenvalue weighted by atomic mass is 35.5. The number of nitrogens with zero attached hydrogens (tertiary/aromatic N) is 5. The Morgan fingerprint density at radius 2 is 2.21 bits per heavy atom. The summed E-state index contributed by atoms with van der Waals surface area (Å²) in [6, 6.07) is 5.05. The average molecular weight is 414 g/mol. The van der Waals surface area contributed by atoms with E-state index >= 15 is 0 Å². The van der Waals surface area contributed by atoms with Crippen LogP contribution in [0, 0.1) is 6.92 Å². The lowest BCUT2D eigenvalue weighted by Crippen LogP contribution is -2.41. The van der Waals surface area contributed by atoms with Gasteiger partial charge in [-0.2, -0.15) is 0 Å². The lowest BCUT2D eigenvalue weighted by molar-refractivity contribution is -0.137. The highest BCUT2D eigenvalue weighted by Gasteiger charge is 2.32. The minimum atomic E-state index is -0.273. The van der Waals surface area contributed by atoms with E-state index in [2.05, 4.69) is 20.2 Å². The molecule has 4 rings (SSSR count). The highest BCUT2D eigenvalue weighted by molar-refractivity contribution is 6.31. The molecule has 1 aliphatic rings. The molecule has 1 fully saturated rings. The molecule has 8 nitrogen and oxygen atoms in total. The molecular weight excluding hydrogens is 394 g/mol. The molecule has 0 N–H and O–H groups in total. The maximum atomic E-state index is 12.8. The van der Waals surface area contributed by atoms with Gasteiger partial charge in [-0.15, -0.1) is 10.2 Å². The largest absolute Gasteiger partial charge is 0.484 e. The first-order chi connectivity index (χ1) is 14.1. The highest BCUT2D eigenvalue weighted by Crippen LogP contribution is 2.31. The number of carbonyl (C=O) groups is 1. The molecule has 29 heavy (non-hydrogen) atoms. The lowest BCUT2D eigenvalue weighted by Gasteiger charge is -2.33. The van der Waals surface area contributed by atoms with Crippen LogP contribution in [0.1, 0.15) is 36.8 Å². The van der Waals surface area contributed by atoms with E-state index in [1.54, 1.807) is 35.6 Å².